The summed E-state index contributed by atoms with van der Waals surface area (Å²) in [4.78, 5) is 10.2. The highest BCUT2D eigenvalue weighted by Gasteiger charge is 2.13. The van der Waals surface area contributed by atoms with Gasteiger partial charge in [-0.3, -0.25) is 0 Å². The van der Waals surface area contributed by atoms with Crippen LogP contribution in [0.2, 0.25) is 0 Å². The van der Waals surface area contributed by atoms with Crippen molar-refractivity contribution in [3.63, 3.8) is 0 Å². The molecule has 1 heterocycles. The first-order valence-corrected chi connectivity index (χ1v) is 5.51. The molecule has 0 spiro atoms. The fraction of sp³-hybridized carbons (Fsp3) is 0.556. The maximum atomic E-state index is 8.95. The normalized spacial score (nSPS) is 10.7. The van der Waals surface area contributed by atoms with Crippen LogP contribution in [-0.4, -0.2) is 34.3 Å². The van der Waals surface area contributed by atoms with E-state index in [0.29, 0.717) is 22.9 Å². The second kappa shape index (κ2) is 5.27. The SMILES string of the molecule is CC(C)N(CCO)c1nc(N)cc(Br)n1. The highest BCUT2D eigenvalue weighted by atomic mass is 79.9. The second-order valence-corrected chi connectivity index (χ2v) is 4.24. The number of nitrogens with two attached hydrogens (primary N) is 1. The van der Waals surface area contributed by atoms with E-state index in [2.05, 4.69) is 25.9 Å². The summed E-state index contributed by atoms with van der Waals surface area (Å²) >= 11 is 3.26. The largest absolute Gasteiger partial charge is 0.395 e. The van der Waals surface area contributed by atoms with Crippen molar-refractivity contribution in [2.75, 3.05) is 23.8 Å². The number of nitrogens with zero attached hydrogens (tertiary/aromatic N) is 3. The van der Waals surface area contributed by atoms with E-state index < -0.39 is 0 Å². The number of hydrogen-bond acceptors (Lipinski definition) is 5. The van der Waals surface area contributed by atoms with Crippen molar-refractivity contribution < 1.29 is 5.11 Å². The molecular formula is C9H15BrN4O. The Labute approximate surface area is 97.5 Å². The molecule has 0 atom stereocenters. The zero-order valence-corrected chi connectivity index (χ0v) is 10.4. The molecule has 0 bridgehead atoms. The molecule has 0 aliphatic heterocycles. The quantitative estimate of drug-likeness (QED) is 0.803. The first kappa shape index (κ1) is 12.2. The Balaban J connectivity index is 2.99. The van der Waals surface area contributed by atoms with Crippen LogP contribution in [0.4, 0.5) is 11.8 Å². The highest BCUT2D eigenvalue weighted by molar-refractivity contribution is 9.10. The number of anilines is 2. The number of hydrogen-bond donors (Lipinski definition) is 2. The molecular weight excluding hydrogens is 260 g/mol. The molecule has 0 aromatic carbocycles. The first-order valence-electron chi connectivity index (χ1n) is 4.72. The van der Waals surface area contributed by atoms with E-state index in [1.807, 2.05) is 18.7 Å². The Hall–Kier alpha value is -0.880. The molecule has 0 aliphatic carbocycles. The molecule has 1 rings (SSSR count). The van der Waals surface area contributed by atoms with Crippen LogP contribution in [0.15, 0.2) is 10.7 Å². The Bertz CT molecular complexity index is 312. The van der Waals surface area contributed by atoms with Crippen LogP contribution < -0.4 is 10.6 Å². The molecule has 84 valence electrons. The van der Waals surface area contributed by atoms with Gasteiger partial charge in [0.2, 0.25) is 5.95 Å². The molecule has 6 heteroatoms. The molecule has 0 aliphatic rings. The topological polar surface area (TPSA) is 75.3 Å². The van der Waals surface area contributed by atoms with Gasteiger partial charge in [0.15, 0.2) is 0 Å². The molecule has 15 heavy (non-hydrogen) atoms. The molecule has 0 saturated heterocycles. The molecule has 1 aromatic heterocycles. The van der Waals surface area contributed by atoms with Crippen molar-refractivity contribution in [1.82, 2.24) is 9.97 Å². The molecule has 0 unspecified atom stereocenters. The number of nitrogen functional groups attached to an aromatic ring is 1. The van der Waals surface area contributed by atoms with Crippen molar-refractivity contribution in [2.24, 2.45) is 0 Å². The van der Waals surface area contributed by atoms with Gasteiger partial charge in [0.25, 0.3) is 0 Å². The third kappa shape index (κ3) is 3.32. The summed E-state index contributed by atoms with van der Waals surface area (Å²) in [5.41, 5.74) is 5.62. The third-order valence-corrected chi connectivity index (χ3v) is 2.33. The lowest BCUT2D eigenvalue weighted by molar-refractivity contribution is 0.298. The van der Waals surface area contributed by atoms with Crippen LogP contribution in [0.25, 0.3) is 0 Å². The van der Waals surface area contributed by atoms with Crippen molar-refractivity contribution >= 4 is 27.7 Å². The van der Waals surface area contributed by atoms with Crippen LogP contribution in [0.5, 0.6) is 0 Å². The summed E-state index contributed by atoms with van der Waals surface area (Å²) in [7, 11) is 0. The molecule has 1 aromatic rings. The lowest BCUT2D eigenvalue weighted by Crippen LogP contribution is -2.35. The van der Waals surface area contributed by atoms with Gasteiger partial charge in [0, 0.05) is 18.7 Å². The van der Waals surface area contributed by atoms with E-state index in [4.69, 9.17) is 10.8 Å². The van der Waals surface area contributed by atoms with E-state index in [-0.39, 0.29) is 12.6 Å². The molecule has 0 radical (unpaired) electrons. The van der Waals surface area contributed by atoms with Crippen molar-refractivity contribution in [3.8, 4) is 0 Å². The van der Waals surface area contributed by atoms with Crippen LogP contribution in [-0.2, 0) is 0 Å². The monoisotopic (exact) mass is 274 g/mol. The summed E-state index contributed by atoms with van der Waals surface area (Å²) in [5.74, 6) is 0.946. The number of aliphatic hydroxyl groups excluding tert-OH is 1. The maximum absolute atomic E-state index is 8.95. The van der Waals surface area contributed by atoms with Gasteiger partial charge in [-0.25, -0.2) is 4.98 Å². The van der Waals surface area contributed by atoms with E-state index in [0.717, 1.165) is 0 Å². The van der Waals surface area contributed by atoms with Crippen LogP contribution in [0.3, 0.4) is 0 Å². The van der Waals surface area contributed by atoms with Crippen molar-refractivity contribution in [3.05, 3.63) is 10.7 Å². The third-order valence-electron chi connectivity index (χ3n) is 1.92. The minimum absolute atomic E-state index is 0.0635. The summed E-state index contributed by atoms with van der Waals surface area (Å²) in [5, 5.41) is 8.95. The minimum atomic E-state index is 0.0635. The zero-order valence-electron chi connectivity index (χ0n) is 8.81. The Kier molecular flexibility index (Phi) is 4.28. The highest BCUT2D eigenvalue weighted by Crippen LogP contribution is 2.17. The zero-order chi connectivity index (χ0) is 11.4. The predicted molar refractivity (Wildman–Crippen MR) is 63.7 cm³/mol. The van der Waals surface area contributed by atoms with Gasteiger partial charge in [-0.05, 0) is 29.8 Å². The van der Waals surface area contributed by atoms with Gasteiger partial charge in [0.1, 0.15) is 10.4 Å². The summed E-state index contributed by atoms with van der Waals surface area (Å²) < 4.78 is 0.647. The summed E-state index contributed by atoms with van der Waals surface area (Å²) in [6.07, 6.45) is 0. The van der Waals surface area contributed by atoms with Crippen molar-refractivity contribution in [1.29, 1.82) is 0 Å². The average Bonchev–Trinajstić information content (AvgIpc) is 2.11. The number of rotatable bonds is 4. The van der Waals surface area contributed by atoms with E-state index in [1.54, 1.807) is 6.07 Å². The van der Waals surface area contributed by atoms with Gasteiger partial charge in [-0.2, -0.15) is 4.98 Å². The van der Waals surface area contributed by atoms with Gasteiger partial charge in [-0.15, -0.1) is 0 Å². The lowest BCUT2D eigenvalue weighted by Gasteiger charge is -2.25. The minimum Gasteiger partial charge on any atom is -0.395 e. The van der Waals surface area contributed by atoms with Crippen molar-refractivity contribution in [2.45, 2.75) is 19.9 Å². The van der Waals surface area contributed by atoms with Crippen LogP contribution in [0.1, 0.15) is 13.8 Å². The molecule has 3 N–H and O–H groups in total. The predicted octanol–water partition coefficient (Wildman–Crippen LogP) is 1.03. The van der Waals surface area contributed by atoms with E-state index >= 15 is 0 Å². The van der Waals surface area contributed by atoms with Crippen LogP contribution >= 0.6 is 15.9 Å². The second-order valence-electron chi connectivity index (χ2n) is 3.43. The Morgan fingerprint density at radius 3 is 2.67 bits per heavy atom. The molecule has 0 amide bonds. The Morgan fingerprint density at radius 1 is 1.53 bits per heavy atom. The number of aliphatic hydroxyl groups is 1. The van der Waals surface area contributed by atoms with Gasteiger partial charge in [-0.1, -0.05) is 0 Å². The first-order chi connectivity index (χ1) is 7.04. The molecule has 5 nitrogen and oxygen atoms in total. The molecule has 0 saturated carbocycles. The fourth-order valence-corrected chi connectivity index (χ4v) is 1.64. The van der Waals surface area contributed by atoms with Gasteiger partial charge < -0.3 is 15.7 Å². The summed E-state index contributed by atoms with van der Waals surface area (Å²) in [6.45, 7) is 4.58. The number of halogens is 1. The smallest absolute Gasteiger partial charge is 0.228 e. The number of aromatic nitrogens is 2. The van der Waals surface area contributed by atoms with E-state index in [1.165, 1.54) is 0 Å². The lowest BCUT2D eigenvalue weighted by atomic mass is 10.3. The van der Waals surface area contributed by atoms with E-state index in [9.17, 15) is 0 Å². The average molecular weight is 275 g/mol. The molecule has 0 fully saturated rings. The van der Waals surface area contributed by atoms with Gasteiger partial charge in [0.05, 0.1) is 6.61 Å². The summed E-state index contributed by atoms with van der Waals surface area (Å²) in [6, 6.07) is 1.85. The Morgan fingerprint density at radius 2 is 2.20 bits per heavy atom. The fourth-order valence-electron chi connectivity index (χ4n) is 1.25. The van der Waals surface area contributed by atoms with Gasteiger partial charge >= 0.3 is 0 Å². The van der Waals surface area contributed by atoms with Crippen LogP contribution in [0, 0.1) is 0 Å². The standard InChI is InChI=1S/C9H15BrN4O/c1-6(2)14(3-4-15)9-12-7(10)5-8(11)13-9/h5-6,15H,3-4H2,1-2H3,(H2,11,12,13). The maximum Gasteiger partial charge on any atom is 0.228 e.